The lowest BCUT2D eigenvalue weighted by molar-refractivity contribution is 0.136. The lowest BCUT2D eigenvalue weighted by Gasteiger charge is -2.29. The van der Waals surface area contributed by atoms with Gasteiger partial charge in [0.05, 0.1) is 11.8 Å². The molecule has 2 aromatic heterocycles. The predicted octanol–water partition coefficient (Wildman–Crippen LogP) is 3.65. The molecule has 7 nitrogen and oxygen atoms in total. The number of hydrogen-bond donors (Lipinski definition) is 0. The van der Waals surface area contributed by atoms with Crippen LogP contribution in [-0.2, 0) is 0 Å². The molecule has 1 aromatic carbocycles. The minimum atomic E-state index is -0.404. The van der Waals surface area contributed by atoms with E-state index < -0.39 is 11.9 Å². The smallest absolute Gasteiger partial charge is 0.415 e. The number of amides is 1. The molecule has 1 aliphatic heterocycles. The lowest BCUT2D eigenvalue weighted by Crippen LogP contribution is -2.39. The molecule has 0 bridgehead atoms. The Hall–Kier alpha value is -3.29. The van der Waals surface area contributed by atoms with E-state index in [0.29, 0.717) is 37.6 Å². The quantitative estimate of drug-likeness (QED) is 0.702. The highest BCUT2D eigenvalue weighted by Crippen LogP contribution is 2.30. The molecule has 1 amide bonds. The summed E-state index contributed by atoms with van der Waals surface area (Å²) in [6.07, 6.45) is 4.04. The Bertz CT molecular complexity index is 923. The van der Waals surface area contributed by atoms with Crippen LogP contribution in [0.15, 0.2) is 53.2 Å². The number of piperidine rings is 1. The maximum atomic E-state index is 13.9. The predicted molar refractivity (Wildman–Crippen MR) is 93.5 cm³/mol. The van der Waals surface area contributed by atoms with Gasteiger partial charge >= 0.3 is 6.09 Å². The van der Waals surface area contributed by atoms with Crippen LogP contribution in [0.5, 0.6) is 5.75 Å². The third kappa shape index (κ3) is 3.79. The lowest BCUT2D eigenvalue weighted by atomic mass is 9.97. The first-order valence-corrected chi connectivity index (χ1v) is 8.66. The second-order valence-electron chi connectivity index (χ2n) is 6.24. The number of carbonyl (C=O) groups is 1. The fourth-order valence-electron chi connectivity index (χ4n) is 3.02. The molecule has 4 rings (SSSR count). The summed E-state index contributed by atoms with van der Waals surface area (Å²) in [7, 11) is 0. The topological polar surface area (TPSA) is 81.4 Å². The van der Waals surface area contributed by atoms with E-state index in [2.05, 4.69) is 15.2 Å². The molecule has 0 N–H and O–H groups in total. The molecule has 0 unspecified atom stereocenters. The Labute approximate surface area is 154 Å². The number of hydrogen-bond acceptors (Lipinski definition) is 6. The Balaban J connectivity index is 1.37. The number of carbonyl (C=O) groups excluding carboxylic acids is 1. The molecule has 8 heteroatoms. The van der Waals surface area contributed by atoms with Crippen LogP contribution in [0.4, 0.5) is 9.18 Å². The van der Waals surface area contributed by atoms with Crippen LogP contribution in [0.2, 0.25) is 0 Å². The summed E-state index contributed by atoms with van der Waals surface area (Å²) in [6, 6.07) is 9.66. The number of benzene rings is 1. The first-order chi connectivity index (χ1) is 13.2. The molecule has 0 spiro atoms. The van der Waals surface area contributed by atoms with Crippen LogP contribution >= 0.6 is 0 Å². The van der Waals surface area contributed by atoms with Crippen LogP contribution in [0.3, 0.4) is 0 Å². The van der Waals surface area contributed by atoms with Crippen molar-refractivity contribution in [2.24, 2.45) is 0 Å². The number of pyridine rings is 1. The fraction of sp³-hybridized carbons (Fsp3) is 0.263. The Morgan fingerprint density at radius 2 is 1.96 bits per heavy atom. The number of nitrogens with zero attached hydrogens (tertiary/aromatic N) is 4. The molecule has 27 heavy (non-hydrogen) atoms. The van der Waals surface area contributed by atoms with E-state index in [1.807, 2.05) is 0 Å². The summed E-state index contributed by atoms with van der Waals surface area (Å²) in [6.45, 7) is 1.03. The van der Waals surface area contributed by atoms with Crippen molar-refractivity contribution in [3.63, 3.8) is 0 Å². The zero-order valence-electron chi connectivity index (χ0n) is 14.4. The first kappa shape index (κ1) is 17.1. The SMILES string of the molecule is O=C(Oc1cccnc1)N1CCC(c2nnc(-c3ccccc3F)o2)CC1. The molecule has 0 atom stereocenters. The number of ether oxygens (including phenoxy) is 1. The van der Waals surface area contributed by atoms with E-state index in [1.165, 1.54) is 12.3 Å². The van der Waals surface area contributed by atoms with Crippen molar-refractivity contribution >= 4 is 6.09 Å². The van der Waals surface area contributed by atoms with Gasteiger partial charge in [-0.15, -0.1) is 10.2 Å². The van der Waals surface area contributed by atoms with Gasteiger partial charge in [0, 0.05) is 25.2 Å². The van der Waals surface area contributed by atoms with Gasteiger partial charge in [-0.05, 0) is 37.1 Å². The molecule has 1 fully saturated rings. The van der Waals surface area contributed by atoms with Crippen molar-refractivity contribution < 1.29 is 18.3 Å². The molecule has 138 valence electrons. The monoisotopic (exact) mass is 368 g/mol. The molecule has 0 radical (unpaired) electrons. The van der Waals surface area contributed by atoms with Crippen LogP contribution in [0, 0.1) is 5.82 Å². The second-order valence-corrected chi connectivity index (χ2v) is 6.24. The van der Waals surface area contributed by atoms with Crippen molar-refractivity contribution in [1.82, 2.24) is 20.1 Å². The first-order valence-electron chi connectivity index (χ1n) is 8.66. The van der Waals surface area contributed by atoms with Crippen LogP contribution in [-0.4, -0.2) is 39.3 Å². The van der Waals surface area contributed by atoms with Crippen LogP contribution in [0.25, 0.3) is 11.5 Å². The van der Waals surface area contributed by atoms with Crippen LogP contribution < -0.4 is 4.74 Å². The number of likely N-dealkylation sites (tertiary alicyclic amines) is 1. The number of halogens is 1. The van der Waals surface area contributed by atoms with Crippen molar-refractivity contribution in [2.75, 3.05) is 13.1 Å². The van der Waals surface area contributed by atoms with Gasteiger partial charge in [-0.1, -0.05) is 12.1 Å². The van der Waals surface area contributed by atoms with Crippen LogP contribution in [0.1, 0.15) is 24.7 Å². The minimum absolute atomic E-state index is 0.0282. The molecular weight excluding hydrogens is 351 g/mol. The molecular formula is C19H17FN4O3. The highest BCUT2D eigenvalue weighted by molar-refractivity contribution is 5.70. The zero-order chi connectivity index (χ0) is 18.6. The molecule has 0 aliphatic carbocycles. The van der Waals surface area contributed by atoms with Gasteiger partial charge in [-0.25, -0.2) is 9.18 Å². The Morgan fingerprint density at radius 1 is 1.15 bits per heavy atom. The van der Waals surface area contributed by atoms with Crippen molar-refractivity contribution in [2.45, 2.75) is 18.8 Å². The average molecular weight is 368 g/mol. The highest BCUT2D eigenvalue weighted by Gasteiger charge is 2.28. The molecule has 0 saturated carbocycles. The van der Waals surface area contributed by atoms with E-state index >= 15 is 0 Å². The van der Waals surface area contributed by atoms with Gasteiger partial charge in [0.1, 0.15) is 5.82 Å². The summed E-state index contributed by atoms with van der Waals surface area (Å²) >= 11 is 0. The third-order valence-corrected chi connectivity index (χ3v) is 4.49. The van der Waals surface area contributed by atoms with Crippen molar-refractivity contribution in [1.29, 1.82) is 0 Å². The molecule has 3 heterocycles. The zero-order valence-corrected chi connectivity index (χ0v) is 14.4. The number of rotatable bonds is 3. The maximum absolute atomic E-state index is 13.9. The summed E-state index contributed by atoms with van der Waals surface area (Å²) in [5, 5.41) is 8.03. The van der Waals surface area contributed by atoms with E-state index in [4.69, 9.17) is 9.15 Å². The summed E-state index contributed by atoms with van der Waals surface area (Å²) < 4.78 is 24.8. The summed E-state index contributed by atoms with van der Waals surface area (Å²) in [5.41, 5.74) is 0.286. The van der Waals surface area contributed by atoms with Gasteiger partial charge in [0.25, 0.3) is 5.89 Å². The van der Waals surface area contributed by atoms with Crippen molar-refractivity contribution in [3.05, 3.63) is 60.5 Å². The molecule has 1 aliphatic rings. The Morgan fingerprint density at radius 3 is 2.70 bits per heavy atom. The highest BCUT2D eigenvalue weighted by atomic mass is 19.1. The summed E-state index contributed by atoms with van der Waals surface area (Å²) in [5.74, 6) is 0.673. The molecule has 3 aromatic rings. The third-order valence-electron chi connectivity index (χ3n) is 4.49. The summed E-state index contributed by atoms with van der Waals surface area (Å²) in [4.78, 5) is 17.8. The Kier molecular flexibility index (Phi) is 4.78. The van der Waals surface area contributed by atoms with Gasteiger partial charge in [0.2, 0.25) is 5.89 Å². The maximum Gasteiger partial charge on any atom is 0.415 e. The fourth-order valence-corrected chi connectivity index (χ4v) is 3.02. The van der Waals surface area contributed by atoms with Gasteiger partial charge in [-0.2, -0.15) is 0 Å². The van der Waals surface area contributed by atoms with Gasteiger partial charge in [0.15, 0.2) is 5.75 Å². The minimum Gasteiger partial charge on any atom is -0.420 e. The second kappa shape index (κ2) is 7.53. The normalized spacial score (nSPS) is 14.9. The van der Waals surface area contributed by atoms with Crippen molar-refractivity contribution in [3.8, 4) is 17.2 Å². The van der Waals surface area contributed by atoms with E-state index in [0.717, 1.165) is 0 Å². The average Bonchev–Trinajstić information content (AvgIpc) is 3.19. The van der Waals surface area contributed by atoms with Gasteiger partial charge < -0.3 is 14.1 Å². The standard InChI is InChI=1S/C19H17FN4O3/c20-16-6-2-1-5-15(16)18-23-22-17(27-18)13-7-10-24(11-8-13)19(25)26-14-4-3-9-21-12-14/h1-6,9,12-13H,7-8,10-11H2. The van der Waals surface area contributed by atoms with Gasteiger partial charge in [-0.3, -0.25) is 4.98 Å². The van der Waals surface area contributed by atoms with E-state index in [9.17, 15) is 9.18 Å². The number of aromatic nitrogens is 3. The molecule has 1 saturated heterocycles. The van der Waals surface area contributed by atoms with E-state index in [-0.39, 0.29) is 17.4 Å². The largest absolute Gasteiger partial charge is 0.420 e. The van der Waals surface area contributed by atoms with E-state index in [1.54, 1.807) is 41.4 Å².